The number of carbonyl (C=O) groups excluding carboxylic acids is 1. The molecule has 6 heteroatoms. The predicted octanol–water partition coefficient (Wildman–Crippen LogP) is 3.83. The van der Waals surface area contributed by atoms with Crippen LogP contribution in [0.2, 0.25) is 5.02 Å². The number of rotatable bonds is 4. The van der Waals surface area contributed by atoms with Crippen LogP contribution >= 0.6 is 11.6 Å². The van der Waals surface area contributed by atoms with Gasteiger partial charge in [0, 0.05) is 30.9 Å². The number of amides is 2. The Kier molecular flexibility index (Phi) is 5.51. The highest BCUT2D eigenvalue weighted by molar-refractivity contribution is 6.32. The fourth-order valence-corrected chi connectivity index (χ4v) is 3.78. The molecule has 2 amide bonds. The highest BCUT2D eigenvalue weighted by Crippen LogP contribution is 2.29. The summed E-state index contributed by atoms with van der Waals surface area (Å²) in [5, 5.41) is 3.43. The molecule has 1 N–H and O–H groups in total. The van der Waals surface area contributed by atoms with E-state index in [1.54, 1.807) is 12.1 Å². The van der Waals surface area contributed by atoms with Gasteiger partial charge in [0.25, 0.3) is 0 Å². The summed E-state index contributed by atoms with van der Waals surface area (Å²) in [5.41, 5.74) is 0.697. The first-order valence-corrected chi connectivity index (χ1v) is 9.20. The second kappa shape index (κ2) is 7.62. The lowest BCUT2D eigenvalue weighted by Crippen LogP contribution is -2.64. The Morgan fingerprint density at radius 3 is 2.83 bits per heavy atom. The van der Waals surface area contributed by atoms with Crippen LogP contribution in [0.4, 0.5) is 10.5 Å². The maximum absolute atomic E-state index is 12.3. The maximum atomic E-state index is 12.3. The van der Waals surface area contributed by atoms with Gasteiger partial charge in [0.2, 0.25) is 0 Å². The number of hydrogen-bond acceptors (Lipinski definition) is 3. The number of benzene rings is 1. The number of carbonyl (C=O) groups is 1. The summed E-state index contributed by atoms with van der Waals surface area (Å²) >= 11 is 6.16. The molecule has 0 aromatic heterocycles. The molecule has 0 spiro atoms. The fraction of sp³-hybridized carbons (Fsp3) is 0.611. The Morgan fingerprint density at radius 2 is 2.17 bits per heavy atom. The predicted molar refractivity (Wildman–Crippen MR) is 97.0 cm³/mol. The number of halogens is 1. The molecule has 3 rings (SSSR count). The van der Waals surface area contributed by atoms with Crippen molar-refractivity contribution in [3.63, 3.8) is 0 Å². The second-order valence-corrected chi connectivity index (χ2v) is 7.06. The minimum atomic E-state index is -0.0591. The third-order valence-electron chi connectivity index (χ3n) is 4.96. The van der Waals surface area contributed by atoms with Crippen LogP contribution < -0.4 is 10.1 Å². The van der Waals surface area contributed by atoms with Crippen molar-refractivity contribution in [2.45, 2.75) is 45.2 Å². The quantitative estimate of drug-likeness (QED) is 0.896. The van der Waals surface area contributed by atoms with Gasteiger partial charge in [-0.25, -0.2) is 4.79 Å². The van der Waals surface area contributed by atoms with E-state index in [1.165, 1.54) is 19.3 Å². The Balaban J connectivity index is 1.51. The Morgan fingerprint density at radius 1 is 1.38 bits per heavy atom. The molecule has 24 heavy (non-hydrogen) atoms. The SMILES string of the molecule is CCOc1ccc(NC(=O)N2CC(N3CCCCC3C)C2)cc1Cl. The van der Waals surface area contributed by atoms with Crippen molar-refractivity contribution in [3.05, 3.63) is 23.2 Å². The number of nitrogens with zero attached hydrogens (tertiary/aromatic N) is 2. The summed E-state index contributed by atoms with van der Waals surface area (Å²) in [6.45, 7) is 7.55. The van der Waals surface area contributed by atoms with E-state index in [2.05, 4.69) is 17.1 Å². The van der Waals surface area contributed by atoms with Gasteiger partial charge in [-0.1, -0.05) is 18.0 Å². The molecule has 1 atom stereocenters. The highest BCUT2D eigenvalue weighted by atomic mass is 35.5. The second-order valence-electron chi connectivity index (χ2n) is 6.65. The van der Waals surface area contributed by atoms with Crippen molar-refractivity contribution in [3.8, 4) is 5.75 Å². The molecule has 2 fully saturated rings. The molecule has 2 aliphatic rings. The summed E-state index contributed by atoms with van der Waals surface area (Å²) in [5.74, 6) is 0.639. The zero-order valence-corrected chi connectivity index (χ0v) is 15.2. The van der Waals surface area contributed by atoms with E-state index >= 15 is 0 Å². The Labute approximate surface area is 148 Å². The number of hydrogen-bond donors (Lipinski definition) is 1. The van der Waals surface area contributed by atoms with E-state index in [9.17, 15) is 4.79 Å². The van der Waals surface area contributed by atoms with Crippen molar-refractivity contribution in [2.75, 3.05) is 31.6 Å². The van der Waals surface area contributed by atoms with Gasteiger partial charge in [0.15, 0.2) is 0 Å². The van der Waals surface area contributed by atoms with E-state index in [0.29, 0.717) is 35.2 Å². The number of piperidine rings is 1. The van der Waals surface area contributed by atoms with Crippen molar-refractivity contribution in [1.29, 1.82) is 0 Å². The monoisotopic (exact) mass is 351 g/mol. The Bertz CT molecular complexity index is 590. The molecule has 1 aromatic rings. The van der Waals surface area contributed by atoms with Crippen LogP contribution in [0.5, 0.6) is 5.75 Å². The van der Waals surface area contributed by atoms with Gasteiger partial charge >= 0.3 is 6.03 Å². The molecular formula is C18H26ClN3O2. The van der Waals surface area contributed by atoms with Crippen LogP contribution in [0.25, 0.3) is 0 Å². The smallest absolute Gasteiger partial charge is 0.321 e. The summed E-state index contributed by atoms with van der Waals surface area (Å²) in [7, 11) is 0. The number of nitrogens with one attached hydrogen (secondary N) is 1. The lowest BCUT2D eigenvalue weighted by atomic mass is 9.98. The largest absolute Gasteiger partial charge is 0.492 e. The highest BCUT2D eigenvalue weighted by Gasteiger charge is 2.37. The first kappa shape index (κ1) is 17.4. The van der Waals surface area contributed by atoms with Gasteiger partial charge in [-0.2, -0.15) is 0 Å². The molecule has 0 radical (unpaired) electrons. The molecule has 132 valence electrons. The lowest BCUT2D eigenvalue weighted by molar-refractivity contribution is 0.0199. The third kappa shape index (κ3) is 3.78. The lowest BCUT2D eigenvalue weighted by Gasteiger charge is -2.49. The van der Waals surface area contributed by atoms with Crippen LogP contribution in [-0.4, -0.2) is 54.2 Å². The minimum Gasteiger partial charge on any atom is -0.492 e. The van der Waals surface area contributed by atoms with Gasteiger partial charge in [0.1, 0.15) is 5.75 Å². The molecule has 0 saturated carbocycles. The molecule has 0 bridgehead atoms. The zero-order chi connectivity index (χ0) is 17.1. The molecule has 1 unspecified atom stereocenters. The fourth-order valence-electron chi connectivity index (χ4n) is 3.55. The van der Waals surface area contributed by atoms with Gasteiger partial charge in [0.05, 0.1) is 11.6 Å². The number of likely N-dealkylation sites (tertiary alicyclic amines) is 2. The first-order valence-electron chi connectivity index (χ1n) is 8.82. The molecule has 5 nitrogen and oxygen atoms in total. The first-order chi connectivity index (χ1) is 11.6. The normalized spacial score (nSPS) is 22.1. The van der Waals surface area contributed by atoms with E-state index in [0.717, 1.165) is 19.6 Å². The minimum absolute atomic E-state index is 0.0591. The van der Waals surface area contributed by atoms with E-state index < -0.39 is 0 Å². The van der Waals surface area contributed by atoms with Gasteiger partial charge in [-0.3, -0.25) is 4.90 Å². The van der Waals surface area contributed by atoms with E-state index in [1.807, 2.05) is 17.9 Å². The Hall–Kier alpha value is -1.46. The molecule has 2 aliphatic heterocycles. The van der Waals surface area contributed by atoms with Crippen molar-refractivity contribution >= 4 is 23.3 Å². The molecule has 0 aliphatic carbocycles. The van der Waals surface area contributed by atoms with Gasteiger partial charge in [-0.05, 0) is 51.4 Å². The summed E-state index contributed by atoms with van der Waals surface area (Å²) in [4.78, 5) is 16.8. The summed E-state index contributed by atoms with van der Waals surface area (Å²) in [6, 6.07) is 6.42. The molecule has 1 aromatic carbocycles. The number of urea groups is 1. The number of anilines is 1. The van der Waals surface area contributed by atoms with E-state index in [4.69, 9.17) is 16.3 Å². The standard InChI is InChI=1S/C18H26ClN3O2/c1-3-24-17-8-7-14(10-16(17)19)20-18(23)21-11-15(12-21)22-9-5-4-6-13(22)2/h7-8,10,13,15H,3-6,9,11-12H2,1-2H3,(H,20,23). The number of ether oxygens (including phenoxy) is 1. The van der Waals surface area contributed by atoms with Crippen molar-refractivity contribution < 1.29 is 9.53 Å². The van der Waals surface area contributed by atoms with E-state index in [-0.39, 0.29) is 6.03 Å². The molecular weight excluding hydrogens is 326 g/mol. The van der Waals surface area contributed by atoms with Crippen LogP contribution in [0.1, 0.15) is 33.1 Å². The summed E-state index contributed by atoms with van der Waals surface area (Å²) < 4.78 is 5.41. The topological polar surface area (TPSA) is 44.8 Å². The maximum Gasteiger partial charge on any atom is 0.321 e. The van der Waals surface area contributed by atoms with Crippen LogP contribution in [-0.2, 0) is 0 Å². The van der Waals surface area contributed by atoms with Crippen LogP contribution in [0.3, 0.4) is 0 Å². The van der Waals surface area contributed by atoms with Crippen molar-refractivity contribution in [1.82, 2.24) is 9.80 Å². The average Bonchev–Trinajstić information content (AvgIpc) is 2.50. The molecule has 2 heterocycles. The third-order valence-corrected chi connectivity index (χ3v) is 5.25. The zero-order valence-electron chi connectivity index (χ0n) is 14.4. The van der Waals surface area contributed by atoms with Gasteiger partial charge < -0.3 is 15.0 Å². The average molecular weight is 352 g/mol. The van der Waals surface area contributed by atoms with Crippen LogP contribution in [0, 0.1) is 0 Å². The van der Waals surface area contributed by atoms with Gasteiger partial charge in [-0.15, -0.1) is 0 Å². The molecule has 2 saturated heterocycles. The van der Waals surface area contributed by atoms with Crippen LogP contribution in [0.15, 0.2) is 18.2 Å². The summed E-state index contributed by atoms with van der Waals surface area (Å²) in [6.07, 6.45) is 3.87. The van der Waals surface area contributed by atoms with Crippen molar-refractivity contribution in [2.24, 2.45) is 0 Å².